The third-order valence-corrected chi connectivity index (χ3v) is 4.08. The summed E-state index contributed by atoms with van der Waals surface area (Å²) in [5, 5.41) is 22.9. The second-order valence-corrected chi connectivity index (χ2v) is 6.26. The Morgan fingerprint density at radius 3 is 2.73 bits per heavy atom. The van der Waals surface area contributed by atoms with E-state index >= 15 is 0 Å². The van der Waals surface area contributed by atoms with Crippen LogP contribution in [-0.2, 0) is 0 Å². The van der Waals surface area contributed by atoms with Gasteiger partial charge in [-0.05, 0) is 18.6 Å². The number of nitro groups is 1. The molecule has 0 unspecified atom stereocenters. The second kappa shape index (κ2) is 6.83. The maximum atomic E-state index is 11.8. The molecule has 10 heteroatoms. The summed E-state index contributed by atoms with van der Waals surface area (Å²) in [7, 11) is 0. The van der Waals surface area contributed by atoms with Gasteiger partial charge in [-0.15, -0.1) is 0 Å². The Labute approximate surface area is 158 Å². The zero-order valence-corrected chi connectivity index (χ0v) is 15.0. The lowest BCUT2D eigenvalue weighted by atomic mass is 10.2. The molecule has 0 saturated heterocycles. The maximum Gasteiger partial charge on any atom is 0.380 e. The number of aryl methyl sites for hydroxylation is 1. The lowest BCUT2D eigenvalue weighted by Gasteiger charge is -2.11. The van der Waals surface area contributed by atoms with E-state index in [1.807, 2.05) is 0 Å². The molecule has 0 radical (unpaired) electrons. The van der Waals surface area contributed by atoms with Crippen molar-refractivity contribution in [1.82, 2.24) is 4.57 Å². The fourth-order valence-electron chi connectivity index (χ4n) is 2.57. The first-order valence-electron chi connectivity index (χ1n) is 7.27. The van der Waals surface area contributed by atoms with E-state index in [1.54, 1.807) is 35.9 Å². The van der Waals surface area contributed by atoms with Crippen molar-refractivity contribution >= 4 is 40.8 Å². The van der Waals surface area contributed by atoms with Gasteiger partial charge >= 0.3 is 11.6 Å². The Hall–Kier alpha value is -2.81. The SMILES string of the molecule is C=C[n+]1ccn(C(=C(Cl)Cl)/C(=C2\Oc3cccc(C)c3N2O)[N+](=O)[O-])c1. The number of fused-ring (bicyclic) bond motifs is 1. The molecule has 0 atom stereocenters. The van der Waals surface area contributed by atoms with Crippen LogP contribution < -0.4 is 14.4 Å². The molecule has 1 N–H and O–H groups in total. The minimum absolute atomic E-state index is 0.168. The molecule has 134 valence electrons. The molecular formula is C16H13Cl2N4O4+. The second-order valence-electron chi connectivity index (χ2n) is 5.31. The van der Waals surface area contributed by atoms with Crippen molar-refractivity contribution in [2.24, 2.45) is 0 Å². The smallest absolute Gasteiger partial charge is 0.380 e. The number of anilines is 1. The maximum absolute atomic E-state index is 11.8. The van der Waals surface area contributed by atoms with Gasteiger partial charge in [0.2, 0.25) is 5.70 Å². The van der Waals surface area contributed by atoms with Crippen LogP contribution in [0.3, 0.4) is 0 Å². The number of ether oxygens (including phenoxy) is 1. The van der Waals surface area contributed by atoms with Crippen LogP contribution in [0, 0.1) is 17.0 Å². The molecule has 0 aliphatic carbocycles. The molecule has 0 bridgehead atoms. The molecule has 1 aromatic carbocycles. The van der Waals surface area contributed by atoms with E-state index < -0.39 is 16.5 Å². The van der Waals surface area contributed by atoms with Gasteiger partial charge in [-0.3, -0.25) is 15.3 Å². The number of aromatic nitrogens is 2. The highest BCUT2D eigenvalue weighted by molar-refractivity contribution is 6.58. The zero-order valence-electron chi connectivity index (χ0n) is 13.5. The lowest BCUT2D eigenvalue weighted by Crippen LogP contribution is -2.24. The fourth-order valence-corrected chi connectivity index (χ4v) is 2.94. The topological polar surface area (TPSA) is 84.7 Å². The van der Waals surface area contributed by atoms with Gasteiger partial charge in [-0.25, -0.2) is 4.57 Å². The molecule has 26 heavy (non-hydrogen) atoms. The van der Waals surface area contributed by atoms with Crippen LogP contribution in [-0.4, -0.2) is 14.7 Å². The Morgan fingerprint density at radius 1 is 1.46 bits per heavy atom. The highest BCUT2D eigenvalue weighted by Crippen LogP contribution is 2.43. The van der Waals surface area contributed by atoms with Gasteiger partial charge in [0.25, 0.3) is 6.33 Å². The number of imidazole rings is 1. The van der Waals surface area contributed by atoms with Crippen molar-refractivity contribution in [3.63, 3.8) is 0 Å². The first-order valence-corrected chi connectivity index (χ1v) is 8.03. The molecule has 0 amide bonds. The van der Waals surface area contributed by atoms with Crippen molar-refractivity contribution in [1.29, 1.82) is 0 Å². The molecule has 0 saturated carbocycles. The number of rotatable bonds is 4. The predicted octanol–water partition coefficient (Wildman–Crippen LogP) is 3.52. The summed E-state index contributed by atoms with van der Waals surface area (Å²) in [5.74, 6) is -0.132. The summed E-state index contributed by atoms with van der Waals surface area (Å²) in [6.07, 6.45) is 6.06. The third-order valence-electron chi connectivity index (χ3n) is 3.73. The van der Waals surface area contributed by atoms with Gasteiger partial charge in [0.05, 0.1) is 11.1 Å². The number of hydrogen-bond donors (Lipinski definition) is 1. The molecule has 2 aromatic rings. The van der Waals surface area contributed by atoms with Crippen molar-refractivity contribution in [3.05, 3.63) is 75.2 Å². The van der Waals surface area contributed by atoms with Gasteiger partial charge < -0.3 is 4.74 Å². The van der Waals surface area contributed by atoms with E-state index in [2.05, 4.69) is 6.58 Å². The van der Waals surface area contributed by atoms with Crippen LogP contribution in [0.5, 0.6) is 5.75 Å². The molecule has 0 spiro atoms. The number of benzene rings is 1. The van der Waals surface area contributed by atoms with E-state index in [-0.39, 0.29) is 15.9 Å². The number of hydrogen-bond acceptors (Lipinski definition) is 5. The van der Waals surface area contributed by atoms with Gasteiger partial charge in [-0.2, -0.15) is 9.63 Å². The number of nitrogens with zero attached hydrogens (tertiary/aromatic N) is 4. The van der Waals surface area contributed by atoms with Crippen molar-refractivity contribution in [2.45, 2.75) is 6.92 Å². The van der Waals surface area contributed by atoms with E-state index in [0.717, 1.165) is 0 Å². The quantitative estimate of drug-likeness (QED) is 0.486. The first kappa shape index (κ1) is 18.0. The van der Waals surface area contributed by atoms with Crippen LogP contribution in [0.15, 0.2) is 59.6 Å². The standard InChI is InChI=1S/C16H13Cl2N4O4/c1-3-19-7-8-20(9-19)13(15(17)18)14(22(24)25)16-21(23)12-10(2)5-4-6-11(12)26-16/h3-9,23H,1H2,2H3/q+1/b16-14+. The van der Waals surface area contributed by atoms with E-state index in [0.29, 0.717) is 16.3 Å². The molecule has 0 fully saturated rings. The Bertz CT molecular complexity index is 976. The highest BCUT2D eigenvalue weighted by atomic mass is 35.5. The van der Waals surface area contributed by atoms with E-state index in [1.165, 1.54) is 23.3 Å². The molecule has 3 rings (SSSR count). The monoisotopic (exact) mass is 395 g/mol. The largest absolute Gasteiger partial charge is 0.431 e. The lowest BCUT2D eigenvalue weighted by molar-refractivity contribution is -0.566. The van der Waals surface area contributed by atoms with Crippen LogP contribution in [0.4, 0.5) is 5.69 Å². The molecule has 1 aliphatic rings. The normalized spacial score (nSPS) is 14.5. The molecule has 1 aliphatic heterocycles. The summed E-state index contributed by atoms with van der Waals surface area (Å²) in [6, 6.07) is 5.04. The van der Waals surface area contributed by atoms with Crippen molar-refractivity contribution in [3.8, 4) is 5.75 Å². The van der Waals surface area contributed by atoms with Gasteiger partial charge in [-0.1, -0.05) is 41.9 Å². The predicted molar refractivity (Wildman–Crippen MR) is 96.0 cm³/mol. The zero-order chi connectivity index (χ0) is 19.0. The summed E-state index contributed by atoms with van der Waals surface area (Å²) in [6.45, 7) is 5.34. The van der Waals surface area contributed by atoms with Crippen LogP contribution in [0.1, 0.15) is 5.56 Å². The van der Waals surface area contributed by atoms with Crippen molar-refractivity contribution in [2.75, 3.05) is 5.06 Å². The summed E-state index contributed by atoms with van der Waals surface area (Å²) in [5.41, 5.74) is 0.213. The minimum atomic E-state index is -0.724. The summed E-state index contributed by atoms with van der Waals surface area (Å²) in [4.78, 5) is 11.1. The van der Waals surface area contributed by atoms with Crippen LogP contribution >= 0.6 is 23.2 Å². The summed E-state index contributed by atoms with van der Waals surface area (Å²) >= 11 is 11.9. The molecule has 8 nitrogen and oxygen atoms in total. The Kier molecular flexibility index (Phi) is 4.73. The van der Waals surface area contributed by atoms with Gasteiger partial charge in [0, 0.05) is 0 Å². The van der Waals surface area contributed by atoms with E-state index in [4.69, 9.17) is 27.9 Å². The number of hydroxylamine groups is 1. The van der Waals surface area contributed by atoms with Crippen LogP contribution in [0.25, 0.3) is 11.9 Å². The van der Waals surface area contributed by atoms with Crippen molar-refractivity contribution < 1.29 is 19.4 Å². The first-order chi connectivity index (χ1) is 12.3. The number of halogens is 2. The molecule has 1 aromatic heterocycles. The highest BCUT2D eigenvalue weighted by Gasteiger charge is 2.41. The fraction of sp³-hybridized carbons (Fsp3) is 0.0625. The average Bonchev–Trinajstić information content (AvgIpc) is 3.17. The molecular weight excluding hydrogens is 383 g/mol. The van der Waals surface area contributed by atoms with Crippen LogP contribution in [0.2, 0.25) is 0 Å². The van der Waals surface area contributed by atoms with Gasteiger partial charge in [0.15, 0.2) is 10.2 Å². The average molecular weight is 396 g/mol. The number of allylic oxidation sites excluding steroid dienone is 1. The Balaban J connectivity index is 2.22. The Morgan fingerprint density at radius 2 is 2.19 bits per heavy atom. The molecule has 2 heterocycles. The minimum Gasteiger partial charge on any atom is -0.431 e. The summed E-state index contributed by atoms with van der Waals surface area (Å²) < 4.78 is 8.03. The third kappa shape index (κ3) is 2.94. The number of para-hydroxylation sites is 1. The van der Waals surface area contributed by atoms with E-state index in [9.17, 15) is 15.3 Å². The van der Waals surface area contributed by atoms with Gasteiger partial charge in [0.1, 0.15) is 18.1 Å².